The minimum absolute atomic E-state index is 0.207. The van der Waals surface area contributed by atoms with Crippen molar-refractivity contribution in [1.82, 2.24) is 0 Å². The van der Waals surface area contributed by atoms with Crippen molar-refractivity contribution in [2.75, 3.05) is 0 Å². The van der Waals surface area contributed by atoms with Crippen molar-refractivity contribution in [3.05, 3.63) is 54.1 Å². The number of carbonyl (C=O) groups is 2. The molecule has 92 valence electrons. The second-order valence-corrected chi connectivity index (χ2v) is 4.43. The SMILES string of the molecule is CC(=O)C1(C(=O)O)C=CC=C(c2ccccc2)C1. The van der Waals surface area contributed by atoms with Crippen LogP contribution in [0.1, 0.15) is 18.9 Å². The molecule has 0 saturated carbocycles. The Morgan fingerprint density at radius 3 is 2.44 bits per heavy atom. The molecule has 3 nitrogen and oxygen atoms in total. The number of rotatable bonds is 3. The molecule has 1 atom stereocenters. The minimum atomic E-state index is -1.42. The number of hydrogen-bond acceptors (Lipinski definition) is 2. The average molecular weight is 242 g/mol. The number of aliphatic carboxylic acids is 1. The molecule has 1 aliphatic rings. The van der Waals surface area contributed by atoms with E-state index in [2.05, 4.69) is 0 Å². The molecule has 0 fully saturated rings. The molecule has 3 heteroatoms. The van der Waals surface area contributed by atoms with Gasteiger partial charge in [0.25, 0.3) is 0 Å². The van der Waals surface area contributed by atoms with Gasteiger partial charge < -0.3 is 5.11 Å². The molecule has 0 heterocycles. The van der Waals surface area contributed by atoms with Crippen molar-refractivity contribution in [3.8, 4) is 0 Å². The van der Waals surface area contributed by atoms with Gasteiger partial charge in [-0.3, -0.25) is 9.59 Å². The van der Waals surface area contributed by atoms with E-state index in [0.717, 1.165) is 11.1 Å². The smallest absolute Gasteiger partial charge is 0.321 e. The van der Waals surface area contributed by atoms with E-state index in [0.29, 0.717) is 0 Å². The third kappa shape index (κ3) is 1.99. The molecule has 1 unspecified atom stereocenters. The van der Waals surface area contributed by atoms with Gasteiger partial charge in [0.05, 0.1) is 0 Å². The fourth-order valence-electron chi connectivity index (χ4n) is 2.14. The molecular formula is C15H14O3. The van der Waals surface area contributed by atoms with Gasteiger partial charge in [-0.25, -0.2) is 0 Å². The number of benzene rings is 1. The van der Waals surface area contributed by atoms with Gasteiger partial charge in [-0.1, -0.05) is 48.6 Å². The number of ketones is 1. The predicted octanol–water partition coefficient (Wildman–Crippen LogP) is 2.69. The first-order valence-electron chi connectivity index (χ1n) is 5.74. The molecule has 1 aromatic carbocycles. The molecular weight excluding hydrogens is 228 g/mol. The third-order valence-corrected chi connectivity index (χ3v) is 3.30. The van der Waals surface area contributed by atoms with Crippen molar-refractivity contribution >= 4 is 17.3 Å². The van der Waals surface area contributed by atoms with Crippen molar-refractivity contribution in [2.24, 2.45) is 5.41 Å². The van der Waals surface area contributed by atoms with Gasteiger partial charge in [-0.05, 0) is 24.5 Å². The van der Waals surface area contributed by atoms with Crippen LogP contribution in [0.25, 0.3) is 5.57 Å². The maximum atomic E-state index is 11.7. The van der Waals surface area contributed by atoms with E-state index >= 15 is 0 Å². The molecule has 0 saturated heterocycles. The van der Waals surface area contributed by atoms with Gasteiger partial charge >= 0.3 is 5.97 Å². The van der Waals surface area contributed by atoms with Crippen LogP contribution in [0.4, 0.5) is 0 Å². The van der Waals surface area contributed by atoms with Crippen LogP contribution in [0.5, 0.6) is 0 Å². The zero-order valence-corrected chi connectivity index (χ0v) is 10.1. The molecule has 18 heavy (non-hydrogen) atoms. The van der Waals surface area contributed by atoms with Gasteiger partial charge in [0, 0.05) is 0 Å². The highest BCUT2D eigenvalue weighted by Crippen LogP contribution is 2.37. The lowest BCUT2D eigenvalue weighted by Gasteiger charge is -2.27. The first-order chi connectivity index (χ1) is 8.56. The van der Waals surface area contributed by atoms with Gasteiger partial charge in [-0.2, -0.15) is 0 Å². The summed E-state index contributed by atoms with van der Waals surface area (Å²) < 4.78 is 0. The summed E-state index contributed by atoms with van der Waals surface area (Å²) in [5.74, 6) is -1.43. The van der Waals surface area contributed by atoms with E-state index in [4.69, 9.17) is 0 Å². The van der Waals surface area contributed by atoms with E-state index in [-0.39, 0.29) is 12.2 Å². The Balaban J connectivity index is 2.40. The number of carbonyl (C=O) groups excluding carboxylic acids is 1. The zero-order valence-electron chi connectivity index (χ0n) is 10.1. The Morgan fingerprint density at radius 2 is 1.89 bits per heavy atom. The molecule has 0 radical (unpaired) electrons. The van der Waals surface area contributed by atoms with E-state index in [9.17, 15) is 14.7 Å². The van der Waals surface area contributed by atoms with Crippen LogP contribution in [-0.2, 0) is 9.59 Å². The van der Waals surface area contributed by atoms with Gasteiger partial charge in [0.2, 0.25) is 0 Å². The van der Waals surface area contributed by atoms with E-state index in [1.54, 1.807) is 6.08 Å². The first kappa shape index (κ1) is 12.3. The van der Waals surface area contributed by atoms with Crippen molar-refractivity contribution in [2.45, 2.75) is 13.3 Å². The number of carboxylic acid groups (broad SMARTS) is 1. The Hall–Kier alpha value is -2.16. The molecule has 1 N–H and O–H groups in total. The molecule has 0 aliphatic heterocycles. The summed E-state index contributed by atoms with van der Waals surface area (Å²) in [5.41, 5.74) is 0.407. The third-order valence-electron chi connectivity index (χ3n) is 3.30. The maximum Gasteiger partial charge on any atom is 0.321 e. The molecule has 1 aliphatic carbocycles. The number of hydrogen-bond donors (Lipinski definition) is 1. The first-order valence-corrected chi connectivity index (χ1v) is 5.74. The van der Waals surface area contributed by atoms with E-state index < -0.39 is 11.4 Å². The van der Waals surface area contributed by atoms with Crippen molar-refractivity contribution in [1.29, 1.82) is 0 Å². The standard InChI is InChI=1S/C15H14O3/c1-11(16)15(14(17)18)9-5-8-13(10-15)12-6-3-2-4-7-12/h2-9H,10H2,1H3,(H,17,18). The largest absolute Gasteiger partial charge is 0.480 e. The van der Waals surface area contributed by atoms with Gasteiger partial charge in [-0.15, -0.1) is 0 Å². The maximum absolute atomic E-state index is 11.7. The van der Waals surface area contributed by atoms with E-state index in [1.807, 2.05) is 36.4 Å². The lowest BCUT2D eigenvalue weighted by Crippen LogP contribution is -2.37. The molecule has 0 spiro atoms. The topological polar surface area (TPSA) is 54.4 Å². The lowest BCUT2D eigenvalue weighted by atomic mass is 9.74. The normalized spacial score (nSPS) is 22.4. The quantitative estimate of drug-likeness (QED) is 0.829. The van der Waals surface area contributed by atoms with Gasteiger partial charge in [0.15, 0.2) is 5.78 Å². The van der Waals surface area contributed by atoms with Crippen LogP contribution in [0.15, 0.2) is 48.6 Å². The Morgan fingerprint density at radius 1 is 1.22 bits per heavy atom. The van der Waals surface area contributed by atoms with E-state index in [1.165, 1.54) is 13.0 Å². The molecule has 0 bridgehead atoms. The Labute approximate surface area is 105 Å². The van der Waals surface area contributed by atoms with Crippen LogP contribution in [0, 0.1) is 5.41 Å². The zero-order chi connectivity index (χ0) is 13.2. The molecule has 0 amide bonds. The van der Waals surface area contributed by atoms with Crippen LogP contribution >= 0.6 is 0 Å². The summed E-state index contributed by atoms with van der Waals surface area (Å²) in [4.78, 5) is 23.1. The number of Topliss-reactive ketones (excluding diaryl/α,β-unsaturated/α-hetero) is 1. The Bertz CT molecular complexity index is 524. The predicted molar refractivity (Wildman–Crippen MR) is 68.9 cm³/mol. The number of allylic oxidation sites excluding steroid dienone is 3. The second-order valence-electron chi connectivity index (χ2n) is 4.43. The monoisotopic (exact) mass is 242 g/mol. The highest BCUT2D eigenvalue weighted by molar-refractivity contribution is 6.06. The summed E-state index contributed by atoms with van der Waals surface area (Å²) in [5, 5.41) is 9.32. The minimum Gasteiger partial charge on any atom is -0.480 e. The van der Waals surface area contributed by atoms with Crippen LogP contribution in [0.3, 0.4) is 0 Å². The second kappa shape index (κ2) is 4.61. The summed E-state index contributed by atoms with van der Waals surface area (Å²) >= 11 is 0. The van der Waals surface area contributed by atoms with Crippen LogP contribution in [0.2, 0.25) is 0 Å². The summed E-state index contributed by atoms with van der Waals surface area (Å²) in [6.45, 7) is 1.33. The molecule has 1 aromatic rings. The van der Waals surface area contributed by atoms with Crippen LogP contribution < -0.4 is 0 Å². The number of carboxylic acids is 1. The molecule has 2 rings (SSSR count). The fraction of sp³-hybridized carbons (Fsp3) is 0.200. The summed E-state index contributed by atoms with van der Waals surface area (Å²) in [6, 6.07) is 9.52. The molecule has 0 aromatic heterocycles. The fourth-order valence-corrected chi connectivity index (χ4v) is 2.14. The lowest BCUT2D eigenvalue weighted by molar-refractivity contribution is -0.150. The summed E-state index contributed by atoms with van der Waals surface area (Å²) in [7, 11) is 0. The Kier molecular flexibility index (Phi) is 3.15. The van der Waals surface area contributed by atoms with Crippen molar-refractivity contribution < 1.29 is 14.7 Å². The highest BCUT2D eigenvalue weighted by atomic mass is 16.4. The highest BCUT2D eigenvalue weighted by Gasteiger charge is 2.42. The van der Waals surface area contributed by atoms with Crippen molar-refractivity contribution in [3.63, 3.8) is 0 Å². The summed E-state index contributed by atoms with van der Waals surface area (Å²) in [6.07, 6.45) is 5.20. The van der Waals surface area contributed by atoms with Gasteiger partial charge in [0.1, 0.15) is 5.41 Å². The van der Waals surface area contributed by atoms with Crippen LogP contribution in [-0.4, -0.2) is 16.9 Å². The average Bonchev–Trinajstić information content (AvgIpc) is 2.39.